The van der Waals surface area contributed by atoms with Gasteiger partial charge in [-0.05, 0) is 58.4 Å². The number of hydrogen-bond donors (Lipinski definition) is 4. The van der Waals surface area contributed by atoms with Gasteiger partial charge in [0.25, 0.3) is 0 Å². The standard InChI is InChI=1S/C25H41N3O6/c1-25(2,3)34-24(32)28-21(22(30)26-16-10-4-5-12-18-29)15-9-11-17-27-23(31)33-19-20-13-7-6-8-14-20/h6-8,13-14,21,29H,4-5,9-12,15-19H2,1-3H3,(H,26,30)(H,27,31)(H,28,32)/t21-/m0/s1. The van der Waals surface area contributed by atoms with Gasteiger partial charge in [0, 0.05) is 19.7 Å². The van der Waals surface area contributed by atoms with Gasteiger partial charge in [-0.25, -0.2) is 9.59 Å². The third-order valence-electron chi connectivity index (χ3n) is 4.79. The molecular formula is C25H41N3O6. The van der Waals surface area contributed by atoms with E-state index in [1.807, 2.05) is 30.3 Å². The van der Waals surface area contributed by atoms with Crippen molar-refractivity contribution in [2.45, 2.75) is 84.0 Å². The van der Waals surface area contributed by atoms with E-state index in [1.54, 1.807) is 20.8 Å². The SMILES string of the molecule is CC(C)(C)OC(=O)N[C@@H](CCCCNC(=O)OCc1ccccc1)C(=O)NCCCCCCO. The zero-order chi connectivity index (χ0) is 25.2. The van der Waals surface area contributed by atoms with Crippen LogP contribution in [0.5, 0.6) is 0 Å². The summed E-state index contributed by atoms with van der Waals surface area (Å²) in [5.74, 6) is -0.261. The quantitative estimate of drug-likeness (QED) is 0.285. The molecule has 1 aromatic carbocycles. The van der Waals surface area contributed by atoms with E-state index >= 15 is 0 Å². The summed E-state index contributed by atoms with van der Waals surface area (Å²) >= 11 is 0. The molecule has 0 aliphatic rings. The third kappa shape index (κ3) is 15.1. The van der Waals surface area contributed by atoms with Gasteiger partial charge in [-0.2, -0.15) is 0 Å². The molecule has 0 aliphatic heterocycles. The maximum Gasteiger partial charge on any atom is 0.408 e. The number of nitrogens with one attached hydrogen (secondary N) is 3. The van der Waals surface area contributed by atoms with Crippen LogP contribution in [0.1, 0.15) is 71.3 Å². The smallest absolute Gasteiger partial charge is 0.408 e. The fourth-order valence-corrected chi connectivity index (χ4v) is 3.08. The van der Waals surface area contributed by atoms with Crippen LogP contribution in [0.15, 0.2) is 30.3 Å². The Morgan fingerprint density at radius 2 is 1.53 bits per heavy atom. The Kier molecular flexibility index (Phi) is 14.4. The van der Waals surface area contributed by atoms with Crippen LogP contribution in [0.4, 0.5) is 9.59 Å². The zero-order valence-electron chi connectivity index (χ0n) is 20.7. The van der Waals surface area contributed by atoms with Gasteiger partial charge in [-0.15, -0.1) is 0 Å². The highest BCUT2D eigenvalue weighted by Gasteiger charge is 2.23. The number of carbonyl (C=O) groups excluding carboxylic acids is 3. The summed E-state index contributed by atoms with van der Waals surface area (Å²) < 4.78 is 10.5. The lowest BCUT2D eigenvalue weighted by Gasteiger charge is -2.23. The molecule has 1 aromatic rings. The second kappa shape index (κ2) is 16.7. The summed E-state index contributed by atoms with van der Waals surface area (Å²) in [6.45, 7) is 6.57. The van der Waals surface area contributed by atoms with Gasteiger partial charge in [0.15, 0.2) is 0 Å². The monoisotopic (exact) mass is 479 g/mol. The van der Waals surface area contributed by atoms with Gasteiger partial charge in [-0.1, -0.05) is 43.2 Å². The van der Waals surface area contributed by atoms with Gasteiger partial charge in [0.05, 0.1) is 0 Å². The molecule has 192 valence electrons. The maximum absolute atomic E-state index is 12.6. The summed E-state index contributed by atoms with van der Waals surface area (Å²) in [5, 5.41) is 17.0. The van der Waals surface area contributed by atoms with Crippen molar-refractivity contribution >= 4 is 18.1 Å². The minimum absolute atomic E-state index is 0.174. The zero-order valence-corrected chi connectivity index (χ0v) is 20.7. The Hall–Kier alpha value is -2.81. The van der Waals surface area contributed by atoms with E-state index in [1.165, 1.54) is 0 Å². The van der Waals surface area contributed by atoms with Crippen molar-refractivity contribution < 1.29 is 29.0 Å². The molecule has 0 saturated carbocycles. The molecule has 9 heteroatoms. The Morgan fingerprint density at radius 3 is 2.21 bits per heavy atom. The first kappa shape index (κ1) is 29.2. The molecule has 0 bridgehead atoms. The lowest BCUT2D eigenvalue weighted by Crippen LogP contribution is -2.48. The minimum Gasteiger partial charge on any atom is -0.445 e. The highest BCUT2D eigenvalue weighted by atomic mass is 16.6. The largest absolute Gasteiger partial charge is 0.445 e. The van der Waals surface area contributed by atoms with Gasteiger partial charge < -0.3 is 30.5 Å². The normalized spacial score (nSPS) is 11.9. The van der Waals surface area contributed by atoms with Crippen LogP contribution < -0.4 is 16.0 Å². The summed E-state index contributed by atoms with van der Waals surface area (Å²) in [5.41, 5.74) is 0.245. The molecule has 3 amide bonds. The number of unbranched alkanes of at least 4 members (excludes halogenated alkanes) is 4. The predicted octanol–water partition coefficient (Wildman–Crippen LogP) is 3.65. The molecule has 0 aliphatic carbocycles. The molecular weight excluding hydrogens is 438 g/mol. The van der Waals surface area contributed by atoms with Gasteiger partial charge >= 0.3 is 12.2 Å². The van der Waals surface area contributed by atoms with Crippen molar-refractivity contribution in [3.8, 4) is 0 Å². The number of aliphatic hydroxyl groups excluding tert-OH is 1. The number of hydrogen-bond acceptors (Lipinski definition) is 6. The first-order chi connectivity index (χ1) is 16.2. The number of rotatable bonds is 15. The van der Waals surface area contributed by atoms with Crippen LogP contribution in [0.25, 0.3) is 0 Å². The minimum atomic E-state index is -0.725. The van der Waals surface area contributed by atoms with Gasteiger partial charge in [0.1, 0.15) is 18.2 Å². The fourth-order valence-electron chi connectivity index (χ4n) is 3.08. The number of aliphatic hydroxyl groups is 1. The van der Waals surface area contributed by atoms with E-state index in [4.69, 9.17) is 14.6 Å². The molecule has 0 fully saturated rings. The molecule has 0 unspecified atom stereocenters. The first-order valence-corrected chi connectivity index (χ1v) is 12.0. The Bertz CT molecular complexity index is 721. The predicted molar refractivity (Wildman–Crippen MR) is 130 cm³/mol. The first-order valence-electron chi connectivity index (χ1n) is 12.0. The summed E-state index contributed by atoms with van der Waals surface area (Å²) in [6, 6.07) is 8.69. The van der Waals surface area contributed by atoms with E-state index in [-0.39, 0.29) is 19.1 Å². The van der Waals surface area contributed by atoms with Gasteiger partial charge in [0.2, 0.25) is 5.91 Å². The molecule has 0 saturated heterocycles. The van der Waals surface area contributed by atoms with E-state index in [2.05, 4.69) is 16.0 Å². The molecule has 1 rings (SSSR count). The Morgan fingerprint density at radius 1 is 0.882 bits per heavy atom. The van der Waals surface area contributed by atoms with Crippen LogP contribution in [0.2, 0.25) is 0 Å². The van der Waals surface area contributed by atoms with Crippen LogP contribution in [-0.2, 0) is 20.9 Å². The topological polar surface area (TPSA) is 126 Å². The molecule has 0 aromatic heterocycles. The molecule has 34 heavy (non-hydrogen) atoms. The molecule has 4 N–H and O–H groups in total. The second-order valence-corrected chi connectivity index (χ2v) is 9.11. The molecule has 0 radical (unpaired) electrons. The number of amides is 3. The highest BCUT2D eigenvalue weighted by molar-refractivity contribution is 5.85. The fraction of sp³-hybridized carbons (Fsp3) is 0.640. The van der Waals surface area contributed by atoms with Crippen molar-refractivity contribution in [3.63, 3.8) is 0 Å². The lowest BCUT2D eigenvalue weighted by molar-refractivity contribution is -0.123. The number of alkyl carbamates (subject to hydrolysis) is 2. The maximum atomic E-state index is 12.6. The van der Waals surface area contributed by atoms with Crippen molar-refractivity contribution in [1.29, 1.82) is 0 Å². The van der Waals surface area contributed by atoms with Crippen molar-refractivity contribution in [2.75, 3.05) is 19.7 Å². The van der Waals surface area contributed by atoms with Crippen molar-refractivity contribution in [3.05, 3.63) is 35.9 Å². The summed E-state index contributed by atoms with van der Waals surface area (Å²) in [4.78, 5) is 36.6. The average Bonchev–Trinajstić information content (AvgIpc) is 2.78. The van der Waals surface area contributed by atoms with E-state index < -0.39 is 23.8 Å². The number of ether oxygens (including phenoxy) is 2. The van der Waals surface area contributed by atoms with E-state index in [0.29, 0.717) is 32.4 Å². The third-order valence-corrected chi connectivity index (χ3v) is 4.79. The van der Waals surface area contributed by atoms with Crippen LogP contribution in [-0.4, -0.2) is 54.5 Å². The number of carbonyl (C=O) groups is 3. The van der Waals surface area contributed by atoms with Gasteiger partial charge in [-0.3, -0.25) is 4.79 Å². The summed E-state index contributed by atoms with van der Waals surface area (Å²) in [6.07, 6.45) is 3.90. The molecule has 1 atom stereocenters. The van der Waals surface area contributed by atoms with Crippen molar-refractivity contribution in [2.24, 2.45) is 0 Å². The second-order valence-electron chi connectivity index (χ2n) is 9.11. The molecule has 0 heterocycles. The molecule has 9 nitrogen and oxygen atoms in total. The Balaban J connectivity index is 2.37. The van der Waals surface area contributed by atoms with E-state index in [0.717, 1.165) is 31.2 Å². The van der Waals surface area contributed by atoms with E-state index in [9.17, 15) is 14.4 Å². The van der Waals surface area contributed by atoms with Crippen molar-refractivity contribution in [1.82, 2.24) is 16.0 Å². The Labute approximate surface area is 203 Å². The van der Waals surface area contributed by atoms with Crippen LogP contribution in [0.3, 0.4) is 0 Å². The highest BCUT2D eigenvalue weighted by Crippen LogP contribution is 2.09. The lowest BCUT2D eigenvalue weighted by atomic mass is 10.1. The average molecular weight is 480 g/mol. The summed E-state index contributed by atoms with van der Waals surface area (Å²) in [7, 11) is 0. The number of benzene rings is 1. The molecule has 0 spiro atoms. The van der Waals surface area contributed by atoms with Crippen LogP contribution >= 0.6 is 0 Å². The van der Waals surface area contributed by atoms with Crippen LogP contribution in [0, 0.1) is 0 Å².